The second-order valence-electron chi connectivity index (χ2n) is 11.4. The van der Waals surface area contributed by atoms with Crippen molar-refractivity contribution in [1.29, 1.82) is 0 Å². The van der Waals surface area contributed by atoms with Gasteiger partial charge in [-0.2, -0.15) is 0 Å². The Morgan fingerprint density at radius 2 is 1.81 bits per heavy atom. The van der Waals surface area contributed by atoms with Gasteiger partial charge in [0.1, 0.15) is 23.1 Å². The topological polar surface area (TPSA) is 177 Å². The average Bonchev–Trinajstić information content (AvgIpc) is 3.67. The second kappa shape index (κ2) is 15.3. The molecule has 2 fully saturated rings. The maximum atomic E-state index is 13.3. The van der Waals surface area contributed by atoms with Crippen LogP contribution < -0.4 is 20.1 Å². The van der Waals surface area contributed by atoms with Gasteiger partial charge in [-0.1, -0.05) is 35.9 Å². The molecule has 47 heavy (non-hydrogen) atoms. The van der Waals surface area contributed by atoms with Gasteiger partial charge in [-0.15, -0.1) is 35.1 Å². The number of rotatable bonds is 13. The molecular weight excluding hydrogens is 730 g/mol. The fraction of sp³-hybridized carbons (Fsp3) is 0.483. The number of thioether (sulfide) groups is 2. The van der Waals surface area contributed by atoms with Gasteiger partial charge in [0.05, 0.1) is 26.7 Å². The van der Waals surface area contributed by atoms with Crippen LogP contribution in [-0.2, 0) is 37.4 Å². The molecule has 2 saturated heterocycles. The first kappa shape index (κ1) is 36.4. The average molecular weight is 765 g/mol. The van der Waals surface area contributed by atoms with Crippen molar-refractivity contribution in [2.75, 3.05) is 29.2 Å². The van der Waals surface area contributed by atoms with Crippen LogP contribution in [0.15, 0.2) is 46.2 Å². The smallest absolute Gasteiger partial charge is 0.326 e. The molecule has 0 radical (unpaired) electrons. The predicted octanol–water partition coefficient (Wildman–Crippen LogP) is 3.63. The molecule has 1 spiro atoms. The predicted molar refractivity (Wildman–Crippen MR) is 187 cm³/mol. The lowest BCUT2D eigenvalue weighted by Crippen LogP contribution is -2.53. The van der Waals surface area contributed by atoms with Crippen molar-refractivity contribution in [2.45, 2.75) is 70.9 Å². The Balaban J connectivity index is 1.14. The zero-order valence-electron chi connectivity index (χ0n) is 25.2. The van der Waals surface area contributed by atoms with E-state index in [0.717, 1.165) is 17.1 Å². The molecular formula is C29H35Cl2N5O7S4. The number of anilines is 1. The van der Waals surface area contributed by atoms with E-state index < -0.39 is 46.0 Å². The summed E-state index contributed by atoms with van der Waals surface area (Å²) in [6.07, 6.45) is 0.747. The van der Waals surface area contributed by atoms with E-state index in [9.17, 15) is 33.0 Å². The Kier molecular flexibility index (Phi) is 11.9. The van der Waals surface area contributed by atoms with Crippen LogP contribution in [0.2, 0.25) is 5.02 Å². The SMILES string of the molecule is C[C@H](N[C@@H](CCc1ccc(CNS(=O)(=O)c2cc3c(cc2Cl)NC(CCl)NS3)cc1)C(=O)O)C(=O)N1CC2(C[C@H]1C(=O)O)SCCS2. The number of carbonyl (C=O) groups excluding carboxylic acids is 1. The van der Waals surface area contributed by atoms with Gasteiger partial charge in [-0.3, -0.25) is 14.9 Å². The largest absolute Gasteiger partial charge is 0.480 e. The molecule has 4 atom stereocenters. The first-order valence-corrected chi connectivity index (χ1v) is 19.9. The highest BCUT2D eigenvalue weighted by Gasteiger charge is 2.52. The number of nitrogens with one attached hydrogen (secondary N) is 4. The van der Waals surface area contributed by atoms with Crippen LogP contribution in [0.3, 0.4) is 0 Å². The van der Waals surface area contributed by atoms with Gasteiger partial charge >= 0.3 is 11.9 Å². The lowest BCUT2D eigenvalue weighted by Gasteiger charge is -2.28. The highest BCUT2D eigenvalue weighted by atomic mass is 35.5. The number of fused-ring (bicyclic) bond motifs is 1. The molecule has 256 valence electrons. The summed E-state index contributed by atoms with van der Waals surface area (Å²) in [6.45, 7) is 1.89. The number of carboxylic acid groups (broad SMARTS) is 2. The van der Waals surface area contributed by atoms with Gasteiger partial charge in [-0.25, -0.2) is 22.7 Å². The number of halogens is 2. The highest BCUT2D eigenvalue weighted by Crippen LogP contribution is 2.51. The molecule has 6 N–H and O–H groups in total. The highest BCUT2D eigenvalue weighted by molar-refractivity contribution is 8.21. The first-order valence-electron chi connectivity index (χ1n) is 14.8. The van der Waals surface area contributed by atoms with E-state index in [1.54, 1.807) is 60.8 Å². The fourth-order valence-electron chi connectivity index (χ4n) is 5.65. The molecule has 0 aromatic heterocycles. The number of amides is 1. The number of hydrogen-bond acceptors (Lipinski definition) is 11. The first-order chi connectivity index (χ1) is 22.3. The maximum Gasteiger partial charge on any atom is 0.326 e. The van der Waals surface area contributed by atoms with Crippen molar-refractivity contribution < 1.29 is 33.0 Å². The lowest BCUT2D eigenvalue weighted by atomic mass is 10.0. The van der Waals surface area contributed by atoms with Crippen LogP contribution in [0.1, 0.15) is 30.9 Å². The van der Waals surface area contributed by atoms with E-state index in [0.29, 0.717) is 41.4 Å². The number of alkyl halides is 1. The molecule has 5 rings (SSSR count). The quantitative estimate of drug-likeness (QED) is 0.129. The van der Waals surface area contributed by atoms with Crippen molar-refractivity contribution >= 4 is 92.2 Å². The Hall–Kier alpha value is -1.89. The van der Waals surface area contributed by atoms with E-state index in [2.05, 4.69) is 20.1 Å². The molecule has 0 saturated carbocycles. The zero-order valence-corrected chi connectivity index (χ0v) is 30.0. The minimum Gasteiger partial charge on any atom is -0.480 e. The zero-order chi connectivity index (χ0) is 33.9. The number of carboxylic acids is 2. The van der Waals surface area contributed by atoms with Crippen LogP contribution in [0.4, 0.5) is 5.69 Å². The maximum absolute atomic E-state index is 13.3. The molecule has 3 aliphatic rings. The summed E-state index contributed by atoms with van der Waals surface area (Å²) in [5, 5.41) is 25.8. The normalized spacial score (nSPS) is 21.6. The molecule has 2 aromatic carbocycles. The summed E-state index contributed by atoms with van der Waals surface area (Å²) < 4.78 is 31.5. The van der Waals surface area contributed by atoms with Crippen LogP contribution in [0.25, 0.3) is 0 Å². The van der Waals surface area contributed by atoms with Crippen molar-refractivity contribution in [3.63, 3.8) is 0 Å². The summed E-state index contributed by atoms with van der Waals surface area (Å²) in [5.41, 5.74) is 2.21. The third-order valence-electron chi connectivity index (χ3n) is 8.12. The number of carbonyl (C=O) groups is 3. The Morgan fingerprint density at radius 3 is 2.45 bits per heavy atom. The van der Waals surface area contributed by atoms with Crippen molar-refractivity contribution in [1.82, 2.24) is 19.7 Å². The van der Waals surface area contributed by atoms with E-state index in [-0.39, 0.29) is 33.1 Å². The molecule has 1 amide bonds. The third kappa shape index (κ3) is 8.65. The Morgan fingerprint density at radius 1 is 1.13 bits per heavy atom. The van der Waals surface area contributed by atoms with E-state index in [4.69, 9.17) is 23.2 Å². The van der Waals surface area contributed by atoms with Gasteiger partial charge in [0.25, 0.3) is 0 Å². The lowest BCUT2D eigenvalue weighted by molar-refractivity contribution is -0.149. The number of aliphatic carboxylic acids is 2. The van der Waals surface area contributed by atoms with Gasteiger partial charge in [-0.05, 0) is 55.0 Å². The number of hydrogen-bond donors (Lipinski definition) is 6. The Bertz CT molecular complexity index is 1610. The van der Waals surface area contributed by atoms with Gasteiger partial charge < -0.3 is 20.4 Å². The fourth-order valence-corrected chi connectivity index (χ4v) is 11.6. The third-order valence-corrected chi connectivity index (χ3v) is 14.7. The van der Waals surface area contributed by atoms with Crippen molar-refractivity contribution in [3.05, 3.63) is 52.5 Å². The Labute approximate surface area is 296 Å². The van der Waals surface area contributed by atoms with Crippen LogP contribution in [0, 0.1) is 0 Å². The summed E-state index contributed by atoms with van der Waals surface area (Å²) >= 11 is 16.9. The molecule has 1 unspecified atom stereocenters. The minimum atomic E-state index is -3.94. The summed E-state index contributed by atoms with van der Waals surface area (Å²) in [7, 11) is -3.94. The van der Waals surface area contributed by atoms with E-state index in [1.807, 2.05) is 0 Å². The van der Waals surface area contributed by atoms with Gasteiger partial charge in [0, 0.05) is 35.9 Å². The number of likely N-dealkylation sites (tertiary alicyclic amines) is 1. The van der Waals surface area contributed by atoms with Crippen LogP contribution in [0.5, 0.6) is 0 Å². The second-order valence-corrected chi connectivity index (χ2v) is 18.0. The molecule has 18 heteroatoms. The van der Waals surface area contributed by atoms with Gasteiger partial charge in [0.2, 0.25) is 15.9 Å². The minimum absolute atomic E-state index is 0.0130. The summed E-state index contributed by atoms with van der Waals surface area (Å²) in [5.74, 6) is -0.476. The number of benzene rings is 2. The molecule has 2 aromatic rings. The molecule has 3 aliphatic heterocycles. The monoisotopic (exact) mass is 763 g/mol. The van der Waals surface area contributed by atoms with Crippen LogP contribution in [-0.4, -0.2) is 93.7 Å². The summed E-state index contributed by atoms with van der Waals surface area (Å²) in [6, 6.07) is 7.29. The van der Waals surface area contributed by atoms with E-state index in [1.165, 1.54) is 22.9 Å². The molecule has 12 nitrogen and oxygen atoms in total. The number of aryl methyl sites for hydroxylation is 1. The van der Waals surface area contributed by atoms with Crippen LogP contribution >= 0.6 is 58.7 Å². The standard InChI is InChI=1S/C29H35Cl2N5O7S4/c1-16(26(37)36-15-29(44-8-9-45-29)12-22(36)28(40)41)33-20(27(38)39)7-6-17-2-4-18(5-3-17)14-32-47(42,43)24-11-23-21(10-19(24)31)34-25(13-30)35-46-23/h2-5,10-11,16,20,22,25,32-35H,6-9,12-15H2,1H3,(H,38,39)(H,40,41)/t16-,20-,22-,25?/m0/s1. The molecule has 0 aliphatic carbocycles. The number of nitrogens with zero attached hydrogens (tertiary/aromatic N) is 1. The molecule has 0 bridgehead atoms. The summed E-state index contributed by atoms with van der Waals surface area (Å²) in [4.78, 5) is 39.4. The number of sulfonamides is 1. The van der Waals surface area contributed by atoms with Gasteiger partial charge in [0.15, 0.2) is 0 Å². The van der Waals surface area contributed by atoms with E-state index >= 15 is 0 Å². The van der Waals surface area contributed by atoms with Crippen molar-refractivity contribution in [2.24, 2.45) is 0 Å². The van der Waals surface area contributed by atoms with Crippen molar-refractivity contribution in [3.8, 4) is 0 Å². The molecule has 3 heterocycles.